The molecule has 1 amide bonds. The molecule has 12 nitrogen and oxygen atoms in total. The monoisotopic (exact) mass is 527 g/mol. The Balaban J connectivity index is 1.69. The van der Waals surface area contributed by atoms with Gasteiger partial charge in [-0.05, 0) is 36.8 Å². The minimum Gasteiger partial charge on any atom is -0.490 e. The van der Waals surface area contributed by atoms with Crippen molar-refractivity contribution in [2.45, 2.75) is 30.4 Å². The second-order valence-electron chi connectivity index (χ2n) is 7.69. The number of carbonyl (C=O) groups is 2. The Kier molecular flexibility index (Phi) is 7.95. The predicted molar refractivity (Wildman–Crippen MR) is 124 cm³/mol. The third kappa shape index (κ3) is 5.88. The number of β-amino-alcohol motifs (C(OH)–C–C–N with tert-alkyl or cyclic N) is 1. The van der Waals surface area contributed by atoms with Crippen LogP contribution in [0.2, 0.25) is 5.02 Å². The fourth-order valence-corrected chi connectivity index (χ4v) is 5.29. The molecule has 1 fully saturated rings. The lowest BCUT2D eigenvalue weighted by Crippen LogP contribution is -2.42. The molecule has 2 N–H and O–H groups in total. The largest absolute Gasteiger partial charge is 0.490 e. The second-order valence-corrected chi connectivity index (χ2v) is 10.0. The average Bonchev–Trinajstić information content (AvgIpc) is 3.21. The number of carbonyl (C=O) groups excluding carboxylic acids is 2. The van der Waals surface area contributed by atoms with Crippen LogP contribution in [0.4, 0.5) is 11.4 Å². The second kappa shape index (κ2) is 10.6. The number of hydrogen-bond donors (Lipinski definition) is 2. The molecule has 0 aliphatic carbocycles. The average molecular weight is 528 g/mol. The molecular formula is C21H22ClN3O9S. The summed E-state index contributed by atoms with van der Waals surface area (Å²) in [5.74, 6) is -1.84. The lowest BCUT2D eigenvalue weighted by Gasteiger charge is -2.22. The van der Waals surface area contributed by atoms with Crippen molar-refractivity contribution in [3.63, 3.8) is 0 Å². The number of nitrogens with zero attached hydrogens (tertiary/aromatic N) is 2. The molecule has 1 saturated heterocycles. The summed E-state index contributed by atoms with van der Waals surface area (Å²) in [4.78, 5) is 35.3. The van der Waals surface area contributed by atoms with Crippen LogP contribution in [-0.4, -0.2) is 67.0 Å². The van der Waals surface area contributed by atoms with Gasteiger partial charge in [0.15, 0.2) is 12.4 Å². The molecule has 1 heterocycles. The van der Waals surface area contributed by atoms with Gasteiger partial charge in [0.05, 0.1) is 23.0 Å². The number of benzene rings is 2. The van der Waals surface area contributed by atoms with Gasteiger partial charge in [0.1, 0.15) is 6.04 Å². The van der Waals surface area contributed by atoms with Gasteiger partial charge in [-0.3, -0.25) is 19.7 Å². The number of sulfonamides is 1. The van der Waals surface area contributed by atoms with Gasteiger partial charge in [0.25, 0.3) is 5.91 Å². The number of nitrogens with one attached hydrogen (secondary N) is 1. The summed E-state index contributed by atoms with van der Waals surface area (Å²) in [7, 11) is -2.91. The number of hydrogen-bond acceptors (Lipinski definition) is 9. The predicted octanol–water partition coefficient (Wildman–Crippen LogP) is 1.87. The fraction of sp³-hybridized carbons (Fsp3) is 0.333. The number of aliphatic hydroxyl groups is 1. The maximum atomic E-state index is 13.0. The van der Waals surface area contributed by atoms with Crippen LogP contribution in [0, 0.1) is 17.0 Å². The molecular weight excluding hydrogens is 506 g/mol. The van der Waals surface area contributed by atoms with E-state index >= 15 is 0 Å². The van der Waals surface area contributed by atoms with Gasteiger partial charge in [0, 0.05) is 35.8 Å². The molecule has 14 heteroatoms. The van der Waals surface area contributed by atoms with Crippen molar-refractivity contribution in [3.05, 3.63) is 57.1 Å². The van der Waals surface area contributed by atoms with Crippen molar-refractivity contribution < 1.29 is 37.5 Å². The van der Waals surface area contributed by atoms with E-state index in [9.17, 15) is 33.2 Å². The highest BCUT2D eigenvalue weighted by molar-refractivity contribution is 7.89. The topological polar surface area (TPSA) is 165 Å². The zero-order valence-corrected chi connectivity index (χ0v) is 20.2. The Hall–Kier alpha value is -3.26. The molecule has 0 radical (unpaired) electrons. The molecule has 2 aromatic rings. The van der Waals surface area contributed by atoms with Crippen LogP contribution in [0.1, 0.15) is 12.0 Å². The molecule has 1 aliphatic rings. The van der Waals surface area contributed by atoms with Crippen molar-refractivity contribution in [1.82, 2.24) is 4.31 Å². The number of aliphatic hydroxyl groups excluding tert-OH is 1. The number of nitro benzene ring substituents is 1. The van der Waals surface area contributed by atoms with Crippen molar-refractivity contribution in [2.75, 3.05) is 25.6 Å². The first kappa shape index (κ1) is 26.3. The third-order valence-electron chi connectivity index (χ3n) is 5.27. The number of methoxy groups -OCH3 is 1. The maximum Gasteiger partial charge on any atom is 0.325 e. The van der Waals surface area contributed by atoms with E-state index in [0.29, 0.717) is 10.6 Å². The Morgan fingerprint density at radius 1 is 1.29 bits per heavy atom. The summed E-state index contributed by atoms with van der Waals surface area (Å²) in [6.07, 6.45) is -1.30. The van der Waals surface area contributed by atoms with Crippen LogP contribution in [0.25, 0.3) is 0 Å². The van der Waals surface area contributed by atoms with Gasteiger partial charge in [-0.1, -0.05) is 11.6 Å². The molecule has 0 spiro atoms. The van der Waals surface area contributed by atoms with E-state index in [1.165, 1.54) is 50.4 Å². The van der Waals surface area contributed by atoms with Crippen molar-refractivity contribution in [3.8, 4) is 5.75 Å². The number of amides is 1. The third-order valence-corrected chi connectivity index (χ3v) is 7.41. The van der Waals surface area contributed by atoms with Crippen molar-refractivity contribution in [2.24, 2.45) is 0 Å². The molecule has 0 unspecified atom stereocenters. The standard InChI is InChI=1S/C21H22ClN3O9S/c1-12-7-17(25(29)30)19(33-2)9-16(12)23-20(27)11-34-21(28)18-8-14(26)10-24(18)35(31,32)15-5-3-13(22)4-6-15/h3-7,9,14,18,26H,8,10-11H2,1-2H3,(H,23,27)/t14-,18+/m0/s1. The highest BCUT2D eigenvalue weighted by Crippen LogP contribution is 2.33. The van der Waals surface area contributed by atoms with E-state index in [1.54, 1.807) is 0 Å². The summed E-state index contributed by atoms with van der Waals surface area (Å²) < 4.78 is 36.8. The first-order chi connectivity index (χ1) is 16.4. The van der Waals surface area contributed by atoms with Crippen LogP contribution >= 0.6 is 11.6 Å². The highest BCUT2D eigenvalue weighted by Gasteiger charge is 2.44. The normalized spacial score (nSPS) is 18.2. The molecule has 188 valence electrons. The van der Waals surface area contributed by atoms with Crippen molar-refractivity contribution >= 4 is 44.9 Å². The van der Waals surface area contributed by atoms with Crippen LogP contribution in [0.3, 0.4) is 0 Å². The van der Waals surface area contributed by atoms with Crippen LogP contribution in [0.15, 0.2) is 41.3 Å². The molecule has 3 rings (SSSR count). The van der Waals surface area contributed by atoms with E-state index in [-0.39, 0.29) is 35.0 Å². The van der Waals surface area contributed by atoms with Gasteiger partial charge in [-0.25, -0.2) is 8.42 Å². The Bertz CT molecular complexity index is 1250. The van der Waals surface area contributed by atoms with Crippen LogP contribution in [-0.2, 0) is 24.3 Å². The van der Waals surface area contributed by atoms with E-state index < -0.39 is 45.6 Å². The van der Waals surface area contributed by atoms with Gasteiger partial charge in [-0.15, -0.1) is 0 Å². The van der Waals surface area contributed by atoms with E-state index in [0.717, 1.165) is 4.31 Å². The lowest BCUT2D eigenvalue weighted by molar-refractivity contribution is -0.385. The minimum absolute atomic E-state index is 0.0733. The van der Waals surface area contributed by atoms with E-state index in [2.05, 4.69) is 5.32 Å². The zero-order valence-electron chi connectivity index (χ0n) is 18.6. The highest BCUT2D eigenvalue weighted by atomic mass is 35.5. The minimum atomic E-state index is -4.15. The lowest BCUT2D eigenvalue weighted by atomic mass is 10.1. The molecule has 1 aliphatic heterocycles. The first-order valence-electron chi connectivity index (χ1n) is 10.2. The SMILES string of the molecule is COc1cc(NC(=O)COC(=O)[C@H]2C[C@H](O)CN2S(=O)(=O)c2ccc(Cl)cc2)c(C)cc1[N+](=O)[O-]. The first-order valence-corrected chi connectivity index (χ1v) is 12.0. The summed E-state index contributed by atoms with van der Waals surface area (Å²) in [6.45, 7) is 0.463. The van der Waals surface area contributed by atoms with Gasteiger partial charge in [-0.2, -0.15) is 4.31 Å². The maximum absolute atomic E-state index is 13.0. The Morgan fingerprint density at radius 2 is 1.94 bits per heavy atom. The molecule has 0 aromatic heterocycles. The molecule has 0 saturated carbocycles. The number of aryl methyl sites for hydroxylation is 1. The smallest absolute Gasteiger partial charge is 0.325 e. The number of nitro groups is 1. The Labute approximate surface area is 205 Å². The fourth-order valence-electron chi connectivity index (χ4n) is 3.54. The van der Waals surface area contributed by atoms with Crippen LogP contribution < -0.4 is 10.1 Å². The number of esters is 1. The zero-order chi connectivity index (χ0) is 25.9. The van der Waals surface area contributed by atoms with Gasteiger partial charge in [0.2, 0.25) is 10.0 Å². The summed E-state index contributed by atoms with van der Waals surface area (Å²) in [6, 6.07) is 6.47. The number of halogens is 1. The molecule has 0 bridgehead atoms. The summed E-state index contributed by atoms with van der Waals surface area (Å²) >= 11 is 5.80. The van der Waals surface area contributed by atoms with E-state index in [1.807, 2.05) is 0 Å². The molecule has 2 atom stereocenters. The number of ether oxygens (including phenoxy) is 2. The van der Waals surface area contributed by atoms with Crippen LogP contribution in [0.5, 0.6) is 5.75 Å². The number of rotatable bonds is 8. The summed E-state index contributed by atoms with van der Waals surface area (Å²) in [5, 5.41) is 23.9. The molecule has 2 aromatic carbocycles. The van der Waals surface area contributed by atoms with Crippen molar-refractivity contribution in [1.29, 1.82) is 0 Å². The summed E-state index contributed by atoms with van der Waals surface area (Å²) in [5.41, 5.74) is 0.296. The Morgan fingerprint density at radius 3 is 2.54 bits per heavy atom. The van der Waals surface area contributed by atoms with E-state index in [4.69, 9.17) is 21.1 Å². The number of anilines is 1. The molecule has 35 heavy (non-hydrogen) atoms. The van der Waals surface area contributed by atoms with Gasteiger partial charge < -0.3 is 19.9 Å². The quantitative estimate of drug-likeness (QED) is 0.296. The van der Waals surface area contributed by atoms with Gasteiger partial charge >= 0.3 is 11.7 Å².